The van der Waals surface area contributed by atoms with Gasteiger partial charge in [-0.15, -0.1) is 0 Å². The Morgan fingerprint density at radius 2 is 1.64 bits per heavy atom. The number of fused-ring (bicyclic) bond motifs is 2. The van der Waals surface area contributed by atoms with Crippen molar-refractivity contribution in [2.75, 3.05) is 13.2 Å². The minimum absolute atomic E-state index is 0.0131. The van der Waals surface area contributed by atoms with Crippen molar-refractivity contribution in [3.8, 4) is 0 Å². The first-order valence-corrected chi connectivity index (χ1v) is 22.2. The number of hydrogen-bond acceptors (Lipinski definition) is 8. The fourth-order valence-electron chi connectivity index (χ4n) is 8.05. The first kappa shape index (κ1) is 40.2. The monoisotopic (exact) mass is 839 g/mol. The van der Waals surface area contributed by atoms with Crippen LogP contribution in [0.15, 0.2) is 51.8 Å². The summed E-state index contributed by atoms with van der Waals surface area (Å²) >= 11 is 4.58. The van der Waals surface area contributed by atoms with Gasteiger partial charge < -0.3 is 29.0 Å². The number of carbonyl (C=O) groups excluding carboxylic acids is 3. The summed E-state index contributed by atoms with van der Waals surface area (Å²) in [7, 11) is -3.98. The summed E-state index contributed by atoms with van der Waals surface area (Å²) < 4.78 is 63.8. The molecule has 15 heteroatoms. The first-order chi connectivity index (χ1) is 25.5. The average Bonchev–Trinajstić information content (AvgIpc) is 3.41. The van der Waals surface area contributed by atoms with E-state index in [4.69, 9.17) is 13.4 Å². The molecular formula is C38H49BrF2N3O7PS. The van der Waals surface area contributed by atoms with Gasteiger partial charge in [0.05, 0.1) is 18.9 Å². The number of nitrogens with one attached hydrogen (secondary N) is 2. The third-order valence-corrected chi connectivity index (χ3v) is 15.6. The van der Waals surface area contributed by atoms with Gasteiger partial charge in [0.25, 0.3) is 0 Å². The standard InChI is InChI=1S/C38H49BrF2N3O7PS/c1-2-49-52(48,24-30-31(40)14-10-15-32(30)41)38-22-25(38)11-6-4-3-5-7-16-33(42-37(47)50-27-12-8-9-13-27)36(46)44-23-28(21-34(44)35(45)43-38)51-53-29-19-17-26(39)18-20-29/h10,14-15,17-20,25,27-28,33-34H,2-9,11-13,16,21-24H2,1H3,(H,42,47)(H,43,45)/t25-,28-,33-,34-,38-,52?/m0/s1. The van der Waals surface area contributed by atoms with Crippen molar-refractivity contribution in [2.45, 2.75) is 131 Å². The van der Waals surface area contributed by atoms with E-state index < -0.39 is 66.5 Å². The lowest BCUT2D eigenvalue weighted by Crippen LogP contribution is -2.55. The highest BCUT2D eigenvalue weighted by molar-refractivity contribution is 9.10. The zero-order chi connectivity index (χ0) is 37.6. The van der Waals surface area contributed by atoms with E-state index in [1.54, 1.807) is 6.92 Å². The van der Waals surface area contributed by atoms with Gasteiger partial charge in [-0.2, -0.15) is 0 Å². The van der Waals surface area contributed by atoms with Crippen LogP contribution in [-0.2, 0) is 33.8 Å². The zero-order valence-corrected chi connectivity index (χ0v) is 33.3. The Kier molecular flexibility index (Phi) is 13.6. The summed E-state index contributed by atoms with van der Waals surface area (Å²) in [6.45, 7) is 1.76. The molecule has 290 valence electrons. The summed E-state index contributed by atoms with van der Waals surface area (Å²) in [5, 5.41) is 4.54. The normalized spacial score (nSPS) is 28.2. The Morgan fingerprint density at radius 1 is 0.981 bits per heavy atom. The number of amides is 3. The van der Waals surface area contributed by atoms with Crippen LogP contribution in [0.2, 0.25) is 0 Å². The van der Waals surface area contributed by atoms with Crippen LogP contribution in [0.5, 0.6) is 0 Å². The van der Waals surface area contributed by atoms with E-state index in [1.807, 2.05) is 24.3 Å². The van der Waals surface area contributed by atoms with Crippen LogP contribution in [-0.4, -0.2) is 65.5 Å². The quantitative estimate of drug-likeness (QED) is 0.180. The number of halogens is 3. The van der Waals surface area contributed by atoms with Gasteiger partial charge in [0.1, 0.15) is 35.1 Å². The van der Waals surface area contributed by atoms with E-state index in [9.17, 15) is 14.4 Å². The number of ether oxygens (including phenoxy) is 1. The molecule has 1 unspecified atom stereocenters. The van der Waals surface area contributed by atoms with E-state index in [2.05, 4.69) is 26.6 Å². The highest BCUT2D eigenvalue weighted by Gasteiger charge is 2.67. The maximum Gasteiger partial charge on any atom is 0.408 e. The second-order valence-corrected chi connectivity index (χ2v) is 19.1. The van der Waals surface area contributed by atoms with Gasteiger partial charge in [0.15, 0.2) is 0 Å². The molecule has 6 atom stereocenters. The van der Waals surface area contributed by atoms with Crippen LogP contribution in [0.25, 0.3) is 0 Å². The SMILES string of the molecule is CCOP(=O)(Cc1c(F)cccc1F)[C@@]12C[C@@H]1CCCCCCC[C@H](NC(=O)OC1CCCC1)C(=O)N1C[C@@H](OSc3ccc(Br)cc3)C[C@H]1C(=O)N2. The lowest BCUT2D eigenvalue weighted by atomic mass is 10.0. The molecule has 4 aliphatic rings. The Labute approximate surface area is 323 Å². The molecule has 0 spiro atoms. The highest BCUT2D eigenvalue weighted by Crippen LogP contribution is 2.74. The largest absolute Gasteiger partial charge is 0.446 e. The van der Waals surface area contributed by atoms with E-state index in [-0.39, 0.29) is 37.2 Å². The molecular weight excluding hydrogens is 791 g/mol. The molecule has 2 aromatic rings. The third-order valence-electron chi connectivity index (χ3n) is 10.9. The van der Waals surface area contributed by atoms with Gasteiger partial charge in [-0.05, 0) is 94.2 Å². The van der Waals surface area contributed by atoms with Crippen molar-refractivity contribution in [1.29, 1.82) is 0 Å². The van der Waals surface area contributed by atoms with Gasteiger partial charge in [0, 0.05) is 39.9 Å². The van der Waals surface area contributed by atoms with E-state index in [1.165, 1.54) is 11.0 Å². The van der Waals surface area contributed by atoms with Crippen molar-refractivity contribution in [2.24, 2.45) is 5.92 Å². The van der Waals surface area contributed by atoms with Gasteiger partial charge in [0.2, 0.25) is 19.2 Å². The second kappa shape index (κ2) is 18.0. The molecule has 6 rings (SSSR count). The summed E-state index contributed by atoms with van der Waals surface area (Å²) in [6.07, 6.45) is 7.21. The second-order valence-electron chi connectivity index (χ2n) is 14.6. The number of nitrogens with zero attached hydrogens (tertiary/aromatic N) is 1. The minimum Gasteiger partial charge on any atom is -0.446 e. The highest BCUT2D eigenvalue weighted by atomic mass is 79.9. The molecule has 2 saturated heterocycles. The topological polar surface area (TPSA) is 123 Å². The maximum absolute atomic E-state index is 15.0. The van der Waals surface area contributed by atoms with Gasteiger partial charge >= 0.3 is 6.09 Å². The Hall–Kier alpha value is -2.51. The molecule has 0 aromatic heterocycles. The minimum atomic E-state index is -3.98. The van der Waals surface area contributed by atoms with E-state index in [0.717, 1.165) is 84.9 Å². The first-order valence-electron chi connectivity index (χ1n) is 18.9. The lowest BCUT2D eigenvalue weighted by Gasteiger charge is -2.33. The molecule has 2 aliphatic heterocycles. The molecule has 2 aromatic carbocycles. The van der Waals surface area contributed by atoms with Crippen LogP contribution in [0.4, 0.5) is 13.6 Å². The smallest absolute Gasteiger partial charge is 0.408 e. The van der Waals surface area contributed by atoms with Crippen molar-refractivity contribution >= 4 is 53.2 Å². The molecule has 2 aliphatic carbocycles. The van der Waals surface area contributed by atoms with Crippen molar-refractivity contribution < 1.29 is 41.2 Å². The van der Waals surface area contributed by atoms with Crippen LogP contribution < -0.4 is 10.6 Å². The number of alkyl carbamates (subject to hydrolysis) is 1. The van der Waals surface area contributed by atoms with Crippen LogP contribution in [0.3, 0.4) is 0 Å². The van der Waals surface area contributed by atoms with Crippen LogP contribution in [0, 0.1) is 17.6 Å². The molecule has 2 heterocycles. The zero-order valence-electron chi connectivity index (χ0n) is 30.0. The van der Waals surface area contributed by atoms with Gasteiger partial charge in [-0.25, -0.2) is 13.6 Å². The van der Waals surface area contributed by atoms with Crippen molar-refractivity contribution in [3.05, 3.63) is 64.1 Å². The molecule has 2 saturated carbocycles. The summed E-state index contributed by atoms with van der Waals surface area (Å²) in [5.41, 5.74) is -0.344. The lowest BCUT2D eigenvalue weighted by molar-refractivity contribution is -0.140. The summed E-state index contributed by atoms with van der Waals surface area (Å²) in [5.74, 6) is -2.87. The number of hydrogen-bond donors (Lipinski definition) is 2. The van der Waals surface area contributed by atoms with Gasteiger partial charge in [-0.1, -0.05) is 54.1 Å². The fraction of sp³-hybridized carbons (Fsp3) is 0.605. The summed E-state index contributed by atoms with van der Waals surface area (Å²) in [6, 6.07) is 9.08. The fourth-order valence-corrected chi connectivity index (χ4v) is 12.1. The van der Waals surface area contributed by atoms with Gasteiger partial charge in [-0.3, -0.25) is 14.2 Å². The Bertz CT molecular complexity index is 1650. The molecule has 3 amide bonds. The molecule has 10 nitrogen and oxygen atoms in total. The molecule has 0 bridgehead atoms. The van der Waals surface area contributed by atoms with Crippen LogP contribution in [0.1, 0.15) is 96.0 Å². The van der Waals surface area contributed by atoms with E-state index in [0.29, 0.717) is 25.7 Å². The molecule has 2 N–H and O–H groups in total. The maximum atomic E-state index is 15.0. The van der Waals surface area contributed by atoms with Crippen molar-refractivity contribution in [3.63, 3.8) is 0 Å². The third kappa shape index (κ3) is 9.66. The molecule has 4 fully saturated rings. The average molecular weight is 841 g/mol. The van der Waals surface area contributed by atoms with E-state index >= 15 is 13.3 Å². The Balaban J connectivity index is 1.29. The van der Waals surface area contributed by atoms with Crippen LogP contribution >= 0.6 is 35.3 Å². The number of carbonyl (C=O) groups is 3. The molecule has 53 heavy (non-hydrogen) atoms. The molecule has 0 radical (unpaired) electrons. The van der Waals surface area contributed by atoms with Crippen molar-refractivity contribution in [1.82, 2.24) is 15.5 Å². The predicted molar refractivity (Wildman–Crippen MR) is 201 cm³/mol. The predicted octanol–water partition coefficient (Wildman–Crippen LogP) is 8.85. The summed E-state index contributed by atoms with van der Waals surface area (Å²) in [4.78, 5) is 44.4. The number of benzene rings is 2. The Morgan fingerprint density at radius 3 is 2.34 bits per heavy atom. The number of rotatable bonds is 10.